The van der Waals surface area contributed by atoms with Crippen LogP contribution in [0.3, 0.4) is 0 Å². The van der Waals surface area contributed by atoms with Gasteiger partial charge in [-0.25, -0.2) is 0 Å². The van der Waals surface area contributed by atoms with E-state index in [4.69, 9.17) is 15.2 Å². The molecule has 29 heavy (non-hydrogen) atoms. The molecule has 6 heteroatoms. The Bertz CT molecular complexity index is 915. The molecule has 1 aromatic carbocycles. The van der Waals surface area contributed by atoms with Gasteiger partial charge in [-0.1, -0.05) is 46.0 Å². The predicted octanol–water partition coefficient (Wildman–Crippen LogP) is 5.17. The van der Waals surface area contributed by atoms with E-state index in [0.29, 0.717) is 35.3 Å². The highest BCUT2D eigenvalue weighted by Gasteiger charge is 2.21. The van der Waals surface area contributed by atoms with Crippen LogP contribution in [-0.2, 0) is 11.3 Å². The predicted molar refractivity (Wildman–Crippen MR) is 117 cm³/mol. The minimum absolute atomic E-state index is 0.0870. The number of aryl methyl sites for hydroxylation is 1. The summed E-state index contributed by atoms with van der Waals surface area (Å²) >= 11 is 0. The highest BCUT2D eigenvalue weighted by atomic mass is 16.5. The number of carbonyl (C=O) groups is 1. The van der Waals surface area contributed by atoms with Crippen LogP contribution in [0.1, 0.15) is 65.7 Å². The molecular weight excluding hydrogens is 368 g/mol. The van der Waals surface area contributed by atoms with Gasteiger partial charge in [0, 0.05) is 24.0 Å². The molecule has 0 unspecified atom stereocenters. The molecular formula is C23H32N2O4. The van der Waals surface area contributed by atoms with Gasteiger partial charge in [0.2, 0.25) is 5.75 Å². The molecule has 0 radical (unpaired) electrons. The standard InChI is InChI=1S/C23H32N2O4/c1-4-7-8-9-10-11-14-25-20-15-17(24)12-13-19(20)21(29-18(5-2)6-3)22(23(25)27)28-16-26/h5,12-13,15-16H,4,6-11,14,24H2,1-3H3. The monoisotopic (exact) mass is 400 g/mol. The molecule has 6 nitrogen and oxygen atoms in total. The van der Waals surface area contributed by atoms with E-state index in [0.717, 1.165) is 19.3 Å². The number of hydrogen-bond donors (Lipinski definition) is 1. The van der Waals surface area contributed by atoms with Gasteiger partial charge >= 0.3 is 0 Å². The largest absolute Gasteiger partial charge is 0.457 e. The summed E-state index contributed by atoms with van der Waals surface area (Å²) in [5, 5.41) is 0.689. The van der Waals surface area contributed by atoms with Crippen LogP contribution in [0.5, 0.6) is 11.5 Å². The van der Waals surface area contributed by atoms with Gasteiger partial charge in [-0.2, -0.15) is 0 Å². The molecule has 158 valence electrons. The van der Waals surface area contributed by atoms with E-state index in [-0.39, 0.29) is 23.5 Å². The third-order valence-electron chi connectivity index (χ3n) is 5.01. The van der Waals surface area contributed by atoms with E-state index >= 15 is 0 Å². The Hall–Kier alpha value is -2.76. The van der Waals surface area contributed by atoms with Crippen molar-refractivity contribution in [2.75, 3.05) is 5.73 Å². The Morgan fingerprint density at radius 3 is 2.48 bits per heavy atom. The molecule has 0 aliphatic rings. The number of ether oxygens (including phenoxy) is 2. The maximum absolute atomic E-state index is 13.2. The van der Waals surface area contributed by atoms with Gasteiger partial charge in [-0.15, -0.1) is 0 Å². The molecule has 0 saturated heterocycles. The van der Waals surface area contributed by atoms with Gasteiger partial charge in [0.1, 0.15) is 0 Å². The molecule has 2 rings (SSSR count). The van der Waals surface area contributed by atoms with Gasteiger partial charge in [-0.3, -0.25) is 9.59 Å². The van der Waals surface area contributed by atoms with E-state index in [1.165, 1.54) is 19.3 Å². The van der Waals surface area contributed by atoms with Crippen molar-refractivity contribution < 1.29 is 14.3 Å². The van der Waals surface area contributed by atoms with Crippen LogP contribution >= 0.6 is 0 Å². The number of carbonyl (C=O) groups excluding carboxylic acids is 1. The fourth-order valence-corrected chi connectivity index (χ4v) is 3.41. The lowest BCUT2D eigenvalue weighted by molar-refractivity contribution is -0.120. The lowest BCUT2D eigenvalue weighted by Crippen LogP contribution is -2.23. The SMILES string of the molecule is CC=C(CC)Oc1c(OC=O)c(=O)n(CCCCCCCC)c2cc(N)ccc12. The third kappa shape index (κ3) is 5.62. The number of unbranched alkanes of at least 4 members (excludes halogenated alkanes) is 5. The summed E-state index contributed by atoms with van der Waals surface area (Å²) < 4.78 is 12.7. The molecule has 0 aliphatic heterocycles. The minimum atomic E-state index is -0.384. The molecule has 0 amide bonds. The van der Waals surface area contributed by atoms with Crippen molar-refractivity contribution >= 4 is 23.1 Å². The lowest BCUT2D eigenvalue weighted by Gasteiger charge is -2.18. The van der Waals surface area contributed by atoms with E-state index in [9.17, 15) is 9.59 Å². The number of pyridine rings is 1. The van der Waals surface area contributed by atoms with Crippen molar-refractivity contribution in [2.45, 2.75) is 72.3 Å². The first-order chi connectivity index (χ1) is 14.1. The van der Waals surface area contributed by atoms with Gasteiger partial charge in [0.05, 0.1) is 11.3 Å². The molecule has 2 N–H and O–H groups in total. The number of nitrogens with zero attached hydrogens (tertiary/aromatic N) is 1. The van der Waals surface area contributed by atoms with Crippen molar-refractivity contribution in [2.24, 2.45) is 0 Å². The minimum Gasteiger partial charge on any atom is -0.457 e. The molecule has 0 spiro atoms. The van der Waals surface area contributed by atoms with Crippen LogP contribution in [0.2, 0.25) is 0 Å². The summed E-state index contributed by atoms with van der Waals surface area (Å²) in [6, 6.07) is 5.32. The van der Waals surface area contributed by atoms with Crippen LogP contribution in [0.15, 0.2) is 34.8 Å². The van der Waals surface area contributed by atoms with Gasteiger partial charge in [0.15, 0.2) is 5.75 Å². The average Bonchev–Trinajstić information content (AvgIpc) is 2.72. The molecule has 0 saturated carbocycles. The molecule has 0 aliphatic carbocycles. The van der Waals surface area contributed by atoms with Gasteiger partial charge in [0.25, 0.3) is 12.0 Å². The van der Waals surface area contributed by atoms with Gasteiger partial charge in [-0.05, 0) is 37.6 Å². The lowest BCUT2D eigenvalue weighted by atomic mass is 10.1. The number of allylic oxidation sites excluding steroid dienone is 2. The van der Waals surface area contributed by atoms with Gasteiger partial charge < -0.3 is 19.8 Å². The second-order valence-electron chi connectivity index (χ2n) is 7.08. The highest BCUT2D eigenvalue weighted by molar-refractivity contribution is 5.90. The topological polar surface area (TPSA) is 83.5 Å². The fraction of sp³-hybridized carbons (Fsp3) is 0.478. The fourth-order valence-electron chi connectivity index (χ4n) is 3.41. The first kappa shape index (κ1) is 22.5. The van der Waals surface area contributed by atoms with Crippen molar-refractivity contribution in [3.8, 4) is 11.5 Å². The Labute approximate surface area is 172 Å². The summed E-state index contributed by atoms with van der Waals surface area (Å²) in [5.41, 5.74) is 6.86. The zero-order chi connectivity index (χ0) is 21.2. The van der Waals surface area contributed by atoms with Crippen LogP contribution in [0.25, 0.3) is 10.9 Å². The summed E-state index contributed by atoms with van der Waals surface area (Å²) in [4.78, 5) is 24.3. The second kappa shape index (κ2) is 11.3. The number of fused-ring (bicyclic) bond motifs is 1. The summed E-state index contributed by atoms with van der Waals surface area (Å²) in [7, 11) is 0. The van der Waals surface area contributed by atoms with Crippen molar-refractivity contribution in [3.05, 3.63) is 40.4 Å². The summed E-state index contributed by atoms with van der Waals surface area (Å²) in [5.74, 6) is 0.856. The zero-order valence-electron chi connectivity index (χ0n) is 17.7. The number of anilines is 1. The van der Waals surface area contributed by atoms with Crippen LogP contribution in [0, 0.1) is 0 Å². The van der Waals surface area contributed by atoms with E-state index in [1.807, 2.05) is 19.9 Å². The Morgan fingerprint density at radius 2 is 1.83 bits per heavy atom. The zero-order valence-corrected chi connectivity index (χ0v) is 17.7. The molecule has 1 heterocycles. The summed E-state index contributed by atoms with van der Waals surface area (Å²) in [6.45, 7) is 6.80. The molecule has 0 bridgehead atoms. The maximum Gasteiger partial charge on any atom is 0.298 e. The van der Waals surface area contributed by atoms with Crippen molar-refractivity contribution in [1.82, 2.24) is 4.57 Å². The molecule has 0 atom stereocenters. The number of aromatic nitrogens is 1. The number of nitrogens with two attached hydrogens (primary N) is 1. The molecule has 2 aromatic rings. The van der Waals surface area contributed by atoms with E-state index in [2.05, 4.69) is 6.92 Å². The van der Waals surface area contributed by atoms with Crippen LogP contribution in [-0.4, -0.2) is 11.0 Å². The number of benzene rings is 1. The Morgan fingerprint density at radius 1 is 1.10 bits per heavy atom. The van der Waals surface area contributed by atoms with E-state index in [1.54, 1.807) is 22.8 Å². The summed E-state index contributed by atoms with van der Waals surface area (Å²) in [6.07, 6.45) is 9.15. The van der Waals surface area contributed by atoms with Crippen molar-refractivity contribution in [1.29, 1.82) is 0 Å². The second-order valence-corrected chi connectivity index (χ2v) is 7.08. The Kier molecular flexibility index (Phi) is 8.77. The third-order valence-corrected chi connectivity index (χ3v) is 5.01. The van der Waals surface area contributed by atoms with Crippen LogP contribution in [0.4, 0.5) is 5.69 Å². The number of rotatable bonds is 12. The molecule has 0 fully saturated rings. The highest BCUT2D eigenvalue weighted by Crippen LogP contribution is 2.35. The smallest absolute Gasteiger partial charge is 0.298 e. The normalized spacial score (nSPS) is 11.6. The average molecular weight is 401 g/mol. The Balaban J connectivity index is 2.50. The first-order valence-corrected chi connectivity index (χ1v) is 10.5. The first-order valence-electron chi connectivity index (χ1n) is 10.5. The number of hydrogen-bond acceptors (Lipinski definition) is 5. The maximum atomic E-state index is 13.2. The molecule has 1 aromatic heterocycles. The van der Waals surface area contributed by atoms with Crippen molar-refractivity contribution in [3.63, 3.8) is 0 Å². The quantitative estimate of drug-likeness (QED) is 0.230. The van der Waals surface area contributed by atoms with Crippen LogP contribution < -0.4 is 20.8 Å². The number of nitrogen functional groups attached to an aromatic ring is 1. The van der Waals surface area contributed by atoms with E-state index < -0.39 is 0 Å².